The Kier molecular flexibility index (Phi) is 6.92. The number of pyridine rings is 1. The maximum Gasteiger partial charge on any atom is 0.286 e. The Morgan fingerprint density at radius 1 is 1.24 bits per heavy atom. The molecule has 5 rings (SSSR count). The van der Waals surface area contributed by atoms with Crippen LogP contribution in [0.25, 0.3) is 11.1 Å². The minimum atomic E-state index is -3.15. The summed E-state index contributed by atoms with van der Waals surface area (Å²) in [5, 5.41) is 12.9. The number of anilines is 2. The van der Waals surface area contributed by atoms with Crippen molar-refractivity contribution in [1.29, 1.82) is 0 Å². The van der Waals surface area contributed by atoms with Crippen LogP contribution < -0.4 is 10.2 Å². The van der Waals surface area contributed by atoms with Gasteiger partial charge in [0.05, 0.1) is 32.5 Å². The minimum absolute atomic E-state index is 0.0889. The number of carbonyl (C=O) groups is 1. The number of hydrogen-bond donors (Lipinski definition) is 2. The molecule has 0 unspecified atom stereocenters. The topological polar surface area (TPSA) is 74.7 Å². The third kappa shape index (κ3) is 4.76. The zero-order chi connectivity index (χ0) is 27.1. The minimum Gasteiger partial charge on any atom is -0.396 e. The lowest BCUT2D eigenvalue weighted by Gasteiger charge is -2.51. The number of rotatable bonds is 6. The molecule has 0 aliphatic carbocycles. The van der Waals surface area contributed by atoms with Gasteiger partial charge >= 0.3 is 0 Å². The average Bonchev–Trinajstić information content (AvgIpc) is 2.93. The summed E-state index contributed by atoms with van der Waals surface area (Å²) in [6.07, 6.45) is 1.61. The van der Waals surface area contributed by atoms with Crippen LogP contribution in [0.4, 0.5) is 24.5 Å². The van der Waals surface area contributed by atoms with Gasteiger partial charge in [-0.15, -0.1) is 0 Å². The van der Waals surface area contributed by atoms with Gasteiger partial charge in [0, 0.05) is 42.0 Å². The highest BCUT2D eigenvalue weighted by molar-refractivity contribution is 6.04. The van der Waals surface area contributed by atoms with Crippen LogP contribution in [-0.4, -0.2) is 55.1 Å². The molecule has 2 atom stereocenters. The third-order valence-electron chi connectivity index (χ3n) is 7.63. The molecule has 3 heterocycles. The SMILES string of the molecule is Cc1ccc(NC(=O)c2ccnc(C(C)(F)F)c2)cc1-c1ccc2c(c1)N1CCOC[C@H]1[C@](CO)(CF)C2. The summed E-state index contributed by atoms with van der Waals surface area (Å²) in [5.74, 6) is -3.67. The number of amides is 1. The van der Waals surface area contributed by atoms with Crippen LogP contribution in [0.3, 0.4) is 0 Å². The van der Waals surface area contributed by atoms with Gasteiger partial charge in [-0.2, -0.15) is 8.78 Å². The Labute approximate surface area is 219 Å². The molecule has 0 saturated carbocycles. The van der Waals surface area contributed by atoms with Crippen molar-refractivity contribution in [2.75, 3.05) is 43.3 Å². The van der Waals surface area contributed by atoms with E-state index in [4.69, 9.17) is 4.74 Å². The van der Waals surface area contributed by atoms with Crippen molar-refractivity contribution in [3.8, 4) is 11.1 Å². The number of aryl methyl sites for hydroxylation is 1. The fraction of sp³-hybridized carbons (Fsp3) is 0.379. The van der Waals surface area contributed by atoms with E-state index in [1.807, 2.05) is 31.2 Å². The molecule has 3 aromatic rings. The van der Waals surface area contributed by atoms with Gasteiger partial charge in [0.2, 0.25) is 0 Å². The highest BCUT2D eigenvalue weighted by atomic mass is 19.3. The summed E-state index contributed by atoms with van der Waals surface area (Å²) in [6, 6.07) is 13.7. The highest BCUT2D eigenvalue weighted by Gasteiger charge is 2.47. The lowest BCUT2D eigenvalue weighted by atomic mass is 9.72. The van der Waals surface area contributed by atoms with Crippen molar-refractivity contribution in [2.24, 2.45) is 5.41 Å². The number of aromatic nitrogens is 1. The van der Waals surface area contributed by atoms with E-state index in [0.717, 1.165) is 40.9 Å². The van der Waals surface area contributed by atoms with Crippen molar-refractivity contribution >= 4 is 17.3 Å². The Bertz CT molecular complexity index is 1350. The summed E-state index contributed by atoms with van der Waals surface area (Å²) in [5.41, 5.74) is 4.03. The number of ether oxygens (including phenoxy) is 1. The van der Waals surface area contributed by atoms with Crippen molar-refractivity contribution in [3.63, 3.8) is 0 Å². The summed E-state index contributed by atoms with van der Waals surface area (Å²) in [4.78, 5) is 18.7. The predicted octanol–water partition coefficient (Wildman–Crippen LogP) is 5.13. The fourth-order valence-electron chi connectivity index (χ4n) is 5.41. The number of aliphatic hydroxyl groups is 1. The van der Waals surface area contributed by atoms with Gasteiger partial charge in [-0.25, -0.2) is 0 Å². The molecule has 0 spiro atoms. The zero-order valence-corrected chi connectivity index (χ0v) is 21.3. The molecule has 1 fully saturated rings. The van der Waals surface area contributed by atoms with Crippen LogP contribution in [-0.2, 0) is 17.1 Å². The molecular formula is C29H30F3N3O3. The van der Waals surface area contributed by atoms with Crippen LogP contribution >= 0.6 is 0 Å². The number of hydrogen-bond acceptors (Lipinski definition) is 5. The van der Waals surface area contributed by atoms with E-state index < -0.39 is 29.6 Å². The van der Waals surface area contributed by atoms with Gasteiger partial charge in [-0.3, -0.25) is 14.2 Å². The Morgan fingerprint density at radius 2 is 2.05 bits per heavy atom. The van der Waals surface area contributed by atoms with Crippen LogP contribution in [0.5, 0.6) is 0 Å². The van der Waals surface area contributed by atoms with Gasteiger partial charge in [0.1, 0.15) is 5.69 Å². The summed E-state index contributed by atoms with van der Waals surface area (Å²) in [6.45, 7) is 3.29. The number of nitrogens with zero attached hydrogens (tertiary/aromatic N) is 2. The van der Waals surface area contributed by atoms with E-state index in [1.165, 1.54) is 12.3 Å². The van der Waals surface area contributed by atoms with Crippen LogP contribution in [0, 0.1) is 12.3 Å². The second-order valence-corrected chi connectivity index (χ2v) is 10.3. The maximum absolute atomic E-state index is 14.2. The van der Waals surface area contributed by atoms with Gasteiger partial charge in [-0.1, -0.05) is 18.2 Å². The zero-order valence-electron chi connectivity index (χ0n) is 21.3. The number of benzene rings is 2. The second-order valence-electron chi connectivity index (χ2n) is 10.3. The van der Waals surface area contributed by atoms with Gasteiger partial charge in [-0.05, 0) is 65.9 Å². The first-order valence-electron chi connectivity index (χ1n) is 12.6. The maximum atomic E-state index is 14.2. The monoisotopic (exact) mass is 525 g/mol. The molecule has 200 valence electrons. The summed E-state index contributed by atoms with van der Waals surface area (Å²) in [7, 11) is 0. The largest absolute Gasteiger partial charge is 0.396 e. The molecule has 2 aliphatic rings. The molecule has 6 nitrogen and oxygen atoms in total. The van der Waals surface area contributed by atoms with E-state index in [9.17, 15) is 23.1 Å². The molecule has 1 amide bonds. The van der Waals surface area contributed by atoms with Gasteiger partial charge in [0.15, 0.2) is 0 Å². The molecule has 1 aromatic heterocycles. The number of morpholine rings is 1. The molecule has 2 aliphatic heterocycles. The van der Waals surface area contributed by atoms with E-state index in [0.29, 0.717) is 31.9 Å². The van der Waals surface area contributed by atoms with Gasteiger partial charge < -0.3 is 20.1 Å². The molecule has 38 heavy (non-hydrogen) atoms. The second kappa shape index (κ2) is 10.0. The normalized spacial score (nSPS) is 21.0. The number of nitrogens with one attached hydrogen (secondary N) is 1. The molecule has 2 N–H and O–H groups in total. The number of aliphatic hydroxyl groups excluding tert-OH is 1. The smallest absolute Gasteiger partial charge is 0.286 e. The van der Waals surface area contributed by atoms with Crippen molar-refractivity contribution in [1.82, 2.24) is 4.98 Å². The Hall–Kier alpha value is -3.43. The average molecular weight is 526 g/mol. The van der Waals surface area contributed by atoms with E-state index >= 15 is 0 Å². The van der Waals surface area contributed by atoms with Crippen molar-refractivity contribution in [3.05, 3.63) is 77.1 Å². The number of alkyl halides is 3. The number of fused-ring (bicyclic) bond motifs is 3. The van der Waals surface area contributed by atoms with E-state index in [1.54, 1.807) is 6.07 Å². The third-order valence-corrected chi connectivity index (χ3v) is 7.63. The Morgan fingerprint density at radius 3 is 2.79 bits per heavy atom. The van der Waals surface area contributed by atoms with E-state index in [2.05, 4.69) is 21.3 Å². The van der Waals surface area contributed by atoms with Crippen molar-refractivity contribution < 1.29 is 27.8 Å². The lowest BCUT2D eigenvalue weighted by molar-refractivity contribution is -0.00680. The first-order valence-corrected chi connectivity index (χ1v) is 12.6. The molecule has 1 saturated heterocycles. The summed E-state index contributed by atoms with van der Waals surface area (Å²) >= 11 is 0. The summed E-state index contributed by atoms with van der Waals surface area (Å²) < 4.78 is 47.3. The molecule has 9 heteroatoms. The van der Waals surface area contributed by atoms with Crippen LogP contribution in [0.1, 0.15) is 34.1 Å². The molecule has 0 radical (unpaired) electrons. The lowest BCUT2D eigenvalue weighted by Crippen LogP contribution is -2.61. The molecule has 2 aromatic carbocycles. The first kappa shape index (κ1) is 26.2. The highest BCUT2D eigenvalue weighted by Crippen LogP contribution is 2.44. The van der Waals surface area contributed by atoms with Crippen LogP contribution in [0.15, 0.2) is 54.7 Å². The van der Waals surface area contributed by atoms with E-state index in [-0.39, 0.29) is 18.2 Å². The Balaban J connectivity index is 1.45. The van der Waals surface area contributed by atoms with Crippen LogP contribution in [0.2, 0.25) is 0 Å². The first-order chi connectivity index (χ1) is 18.1. The number of carbonyl (C=O) groups excluding carboxylic acids is 1. The predicted molar refractivity (Wildman–Crippen MR) is 140 cm³/mol. The molecular weight excluding hydrogens is 495 g/mol. The van der Waals surface area contributed by atoms with Gasteiger partial charge in [0.25, 0.3) is 11.8 Å². The fourth-order valence-corrected chi connectivity index (χ4v) is 5.41. The quantitative estimate of drug-likeness (QED) is 0.467. The van der Waals surface area contributed by atoms with Crippen molar-refractivity contribution in [2.45, 2.75) is 32.2 Å². The molecule has 0 bridgehead atoms. The standard InChI is InChI=1S/C29H30F3N3O3/c1-18-3-6-22(34-27(37)20-7-8-33-25(12-20)28(2,31)32)13-23(18)19-4-5-21-14-29(16-30,17-36)26-15-38-10-9-35(26)24(21)11-19/h3-8,11-13,26,36H,9-10,14-17H2,1-2H3,(H,34,37)/t26-,29-/m0/s1. The number of halogens is 3.